The summed E-state index contributed by atoms with van der Waals surface area (Å²) in [6.07, 6.45) is 25.3. The molecule has 2 N–H and O–H groups in total. The number of methoxy groups -OCH3 is 2. The van der Waals surface area contributed by atoms with Crippen molar-refractivity contribution in [3.8, 4) is 57.7 Å². The lowest BCUT2D eigenvalue weighted by Crippen LogP contribution is -2.41. The van der Waals surface area contributed by atoms with Gasteiger partial charge < -0.3 is 71.3 Å². The minimum absolute atomic E-state index is 0.00741. The predicted octanol–water partition coefficient (Wildman–Crippen LogP) is 21.5. The molecule has 680 valence electrons. The van der Waals surface area contributed by atoms with E-state index in [-0.39, 0.29) is 35.0 Å². The third-order valence-corrected chi connectivity index (χ3v) is 27.0. The van der Waals surface area contributed by atoms with Gasteiger partial charge in [-0.2, -0.15) is 10.5 Å². The fourth-order valence-electron chi connectivity index (χ4n) is 15.4. The van der Waals surface area contributed by atoms with E-state index >= 15 is 0 Å². The Kier molecular flexibility index (Phi) is 29.7. The number of nitrogens with zero attached hydrogens (tertiary/aromatic N) is 12. The van der Waals surface area contributed by atoms with E-state index in [0.717, 1.165) is 179 Å². The molecule has 27 nitrogen and oxygen atoms in total. The number of halogens is 5. The Labute approximate surface area is 803 Å². The lowest BCUT2D eigenvalue weighted by Gasteiger charge is -2.32. The van der Waals surface area contributed by atoms with Crippen LogP contribution in [-0.2, 0) is 18.8 Å². The molecule has 7 fully saturated rings. The Morgan fingerprint density at radius 3 is 1.30 bits per heavy atom. The lowest BCUT2D eigenvalue weighted by molar-refractivity contribution is 0.00578. The van der Waals surface area contributed by atoms with Crippen molar-refractivity contribution < 1.29 is 60.3 Å². The zero-order valence-electron chi connectivity index (χ0n) is 75.5. The summed E-state index contributed by atoms with van der Waals surface area (Å²) >= 11 is 23.3. The molecule has 0 radical (unpaired) electrons. The number of carbonyl (C=O) groups excluding carboxylic acids is 3. The molecule has 0 atom stereocenters. The van der Waals surface area contributed by atoms with E-state index in [0.29, 0.717) is 119 Å². The van der Waals surface area contributed by atoms with Crippen molar-refractivity contribution in [2.75, 3.05) is 93.6 Å². The Hall–Kier alpha value is -10.5. The number of nitriles is 2. The topological polar surface area (TPSA) is 331 Å². The molecular weight excluding hydrogens is 1950 g/mol. The summed E-state index contributed by atoms with van der Waals surface area (Å²) in [7, 11) is 12.9. The molecule has 7 aliphatic rings. The number of amides is 3. The van der Waals surface area contributed by atoms with Gasteiger partial charge in [-0.3, -0.25) is 34.3 Å². The molecule has 0 unspecified atom stereocenters. The highest BCUT2D eigenvalue weighted by Crippen LogP contribution is 2.51. The first-order valence-electron chi connectivity index (χ1n) is 43.6. The molecule has 11 aromatic heterocycles. The van der Waals surface area contributed by atoms with E-state index in [9.17, 15) is 24.9 Å². The number of rotatable bonds is 17. The van der Waals surface area contributed by atoms with Crippen molar-refractivity contribution in [1.29, 1.82) is 10.5 Å². The normalized spacial score (nSPS) is 16.2. The number of carbonyl (C=O) groups is 3. The van der Waals surface area contributed by atoms with Crippen LogP contribution in [0.3, 0.4) is 0 Å². The predicted molar refractivity (Wildman–Crippen MR) is 524 cm³/mol. The second-order valence-electron chi connectivity index (χ2n) is 35.2. The van der Waals surface area contributed by atoms with Crippen molar-refractivity contribution in [1.82, 2.24) is 49.6 Å². The Morgan fingerprint density at radius 2 is 0.855 bits per heavy atom. The van der Waals surface area contributed by atoms with E-state index in [1.807, 2.05) is 127 Å². The lowest BCUT2D eigenvalue weighted by atomic mass is 9.78. The quantitative estimate of drug-likeness (QED) is 0.0486. The minimum atomic E-state index is -0.445. The van der Waals surface area contributed by atoms with Gasteiger partial charge in [0.05, 0.1) is 79.7 Å². The molecule has 3 saturated heterocycles. The molecule has 33 heteroatoms. The summed E-state index contributed by atoms with van der Waals surface area (Å²) in [6, 6.07) is 29.7. The molecule has 3 aliphatic heterocycles. The summed E-state index contributed by atoms with van der Waals surface area (Å²) < 4.78 is 59.2. The number of benzene rings is 2. The molecule has 3 amide bonds. The van der Waals surface area contributed by atoms with Crippen LogP contribution in [0.25, 0.3) is 78.4 Å². The van der Waals surface area contributed by atoms with Crippen LogP contribution in [-0.4, -0.2) is 181 Å². The number of aryl methyl sites for hydroxylation is 2. The van der Waals surface area contributed by atoms with Crippen LogP contribution in [0.2, 0.25) is 15.1 Å². The van der Waals surface area contributed by atoms with Crippen LogP contribution in [0.15, 0.2) is 140 Å². The van der Waals surface area contributed by atoms with Crippen molar-refractivity contribution in [2.45, 2.75) is 166 Å². The average molecular weight is 2050 g/mol. The largest absolute Gasteiger partial charge is 0.494 e. The molecule has 2 aromatic carbocycles. The number of hydrogen-bond acceptors (Lipinski definition) is 24. The summed E-state index contributed by atoms with van der Waals surface area (Å²) in [4.78, 5) is 71.5. The van der Waals surface area contributed by atoms with Crippen LogP contribution in [0.5, 0.6) is 11.5 Å². The number of furan rings is 4. The Balaban J connectivity index is 0.000000127. The van der Waals surface area contributed by atoms with E-state index in [4.69, 9.17) is 85.7 Å². The van der Waals surface area contributed by atoms with Crippen LogP contribution in [0.4, 0.5) is 11.4 Å². The van der Waals surface area contributed by atoms with Gasteiger partial charge in [0.15, 0.2) is 37.6 Å². The summed E-state index contributed by atoms with van der Waals surface area (Å²) in [5.74, 6) is 4.56. The van der Waals surface area contributed by atoms with Gasteiger partial charge in [-0.05, 0) is 269 Å². The zero-order valence-corrected chi connectivity index (χ0v) is 82.0. The fraction of sp³-hybridized carbons (Fsp3) is 0.388. The highest BCUT2D eigenvalue weighted by molar-refractivity contribution is 14.1. The molecule has 14 heterocycles. The number of pyridine rings is 7. The van der Waals surface area contributed by atoms with Crippen LogP contribution in [0, 0.1) is 44.0 Å². The summed E-state index contributed by atoms with van der Waals surface area (Å²) in [6.45, 7) is 15.0. The van der Waals surface area contributed by atoms with Gasteiger partial charge in [0.25, 0.3) is 17.7 Å². The van der Waals surface area contributed by atoms with E-state index < -0.39 is 7.12 Å². The van der Waals surface area contributed by atoms with Crippen LogP contribution in [0.1, 0.15) is 204 Å². The molecular formula is C98H102BCl3I2N14O13. The van der Waals surface area contributed by atoms with Gasteiger partial charge in [-0.1, -0.05) is 46.9 Å². The first-order chi connectivity index (χ1) is 62.8. The molecule has 131 heavy (non-hydrogen) atoms. The van der Waals surface area contributed by atoms with Crippen molar-refractivity contribution in [3.05, 3.63) is 206 Å². The first kappa shape index (κ1) is 95.1. The van der Waals surface area contributed by atoms with E-state index in [1.165, 1.54) is 55.0 Å². The highest BCUT2D eigenvalue weighted by Gasteiger charge is 2.52. The summed E-state index contributed by atoms with van der Waals surface area (Å²) in [5.41, 5.74) is 18.6. The highest BCUT2D eigenvalue weighted by atomic mass is 127. The third-order valence-electron chi connectivity index (χ3n) is 24.1. The SMILES string of the molecule is CC1(C)OB(c2ccc(NC3CCOCC3)c(C#N)c2)OC1(C)C.COc1cc(C(=O)N(C)C)cnc1-c1cc2ncc(C3CC3)c(-c3ccc(NC4CCOCC4)c(C#N)c3)c2o1.COc1cc(C(=O)N(C)C)cnc1-c1cc2ncc(C3CC3)c(Cl)c2o1.Cc1cc(C(=O)N(C)C)cnc1I.Cc1cc2ncc(C3CC3)c(Cl)c2o1.Clc1c(C2CC2)cnc2cc(I)oc12. The van der Waals surface area contributed by atoms with Gasteiger partial charge in [0, 0.05) is 154 Å². The van der Waals surface area contributed by atoms with Gasteiger partial charge >= 0.3 is 7.12 Å². The van der Waals surface area contributed by atoms with Crippen molar-refractivity contribution >= 4 is 166 Å². The third kappa shape index (κ3) is 22.0. The fourth-order valence-corrected chi connectivity index (χ4v) is 17.3. The smallest absolute Gasteiger partial charge is 0.494 e. The van der Waals surface area contributed by atoms with Crippen molar-refractivity contribution in [3.63, 3.8) is 0 Å². The first-order valence-corrected chi connectivity index (χ1v) is 46.9. The number of ether oxygens (including phenoxy) is 4. The molecule has 4 aliphatic carbocycles. The number of fused-ring (bicyclic) bond motifs is 4. The zero-order chi connectivity index (χ0) is 93.0. The standard InChI is InChI=1S/C31H31N5O4.C19H18ClN3O3.C18H25BN2O3.C11H10ClNO.C10H7ClINO.C9H11IN2O/c1-36(2)31(37)21-13-26(38-3)29(34-16-21)27-14-25-30(40-27)28(23(17-33-25)18-4-5-18)19-6-7-24(20(12-19)15-32)35-22-8-10-39-11-9-22;1-23(2)19(24)11-6-14(25-3)17(22-8-11)15-7-13-18(26-15)16(20)12(9-21-13)10-4-5-10;1-17(2)18(3,4)24-19(23-17)14-5-6-16(13(11-14)12-20)21-15-7-9-22-10-8-15;1-6-4-9-11(14-6)10(12)8(5-13-9)7-2-3-7;11-9-6(5-1-2-5)4-13-7-3-8(12)14-10(7)9;1-6-4-7(5-11-8(6)10)9(13)12(2)3/h6-7,12-14,16-18,22,35H,4-5,8-11H2,1-3H3;6-10H,4-5H2,1-3H3;5-6,11,15,21H,7-10H2,1-4H3;4-5,7H,2-3H2,1H3;3-5H,1-2H2;4-5H,1-3H3. The van der Waals surface area contributed by atoms with Gasteiger partial charge in [-0.15, -0.1) is 0 Å². The number of nitrogens with one attached hydrogen (secondary N) is 2. The monoisotopic (exact) mass is 2050 g/mol. The van der Waals surface area contributed by atoms with Gasteiger partial charge in [0.2, 0.25) is 0 Å². The maximum atomic E-state index is 12.5. The van der Waals surface area contributed by atoms with E-state index in [2.05, 4.69) is 97.9 Å². The van der Waals surface area contributed by atoms with Crippen molar-refractivity contribution in [2.24, 2.45) is 0 Å². The second kappa shape index (κ2) is 40.9. The minimum Gasteiger partial charge on any atom is -0.494 e. The molecule has 13 aromatic rings. The Bertz CT molecular complexity index is 6420. The molecule has 0 bridgehead atoms. The number of hydrogen-bond donors (Lipinski definition) is 2. The molecule has 0 spiro atoms. The number of anilines is 2. The summed E-state index contributed by atoms with van der Waals surface area (Å²) in [5, 5.41) is 28.7. The van der Waals surface area contributed by atoms with Gasteiger partial charge in [0.1, 0.15) is 66.6 Å². The van der Waals surface area contributed by atoms with Gasteiger partial charge in [-0.25, -0.2) is 15.0 Å². The number of aromatic nitrogens is 7. The molecule has 4 saturated carbocycles. The molecule has 20 rings (SSSR count). The average Bonchev–Trinajstić information content (AvgIpc) is 1.62. The second-order valence-corrected chi connectivity index (χ2v) is 38.4. The van der Waals surface area contributed by atoms with Crippen LogP contribution < -0.4 is 25.6 Å². The van der Waals surface area contributed by atoms with E-state index in [1.54, 1.807) is 78.7 Å². The maximum absolute atomic E-state index is 12.5. The van der Waals surface area contributed by atoms with Crippen LogP contribution >= 0.6 is 80.0 Å². The Morgan fingerprint density at radius 1 is 0.466 bits per heavy atom. The maximum Gasteiger partial charge on any atom is 0.494 e.